The number of nitrogens with two attached hydrogens (primary N) is 1. The lowest BCUT2D eigenvalue weighted by molar-refractivity contribution is -0.121. The third-order valence-corrected chi connectivity index (χ3v) is 3.38. The molecule has 18 heavy (non-hydrogen) atoms. The molecule has 0 saturated carbocycles. The van der Waals surface area contributed by atoms with E-state index in [0.29, 0.717) is 25.2 Å². The van der Waals surface area contributed by atoms with Gasteiger partial charge in [0, 0.05) is 24.3 Å². The van der Waals surface area contributed by atoms with Crippen molar-refractivity contribution < 1.29 is 14.3 Å². The molecule has 1 aromatic rings. The van der Waals surface area contributed by atoms with E-state index in [-0.39, 0.29) is 17.4 Å². The van der Waals surface area contributed by atoms with Crippen molar-refractivity contribution in [2.24, 2.45) is 11.7 Å². The summed E-state index contributed by atoms with van der Waals surface area (Å²) in [6.45, 7) is 2.67. The summed E-state index contributed by atoms with van der Waals surface area (Å²) in [7, 11) is 0. The number of aliphatic hydroxyl groups excluding tert-OH is 1. The van der Waals surface area contributed by atoms with Crippen LogP contribution < -0.4 is 10.6 Å². The molecular formula is C13H17FN2O2. The Morgan fingerprint density at radius 2 is 2.33 bits per heavy atom. The molecule has 2 rings (SSSR count). The number of amides is 1. The maximum Gasteiger partial charge on any atom is 0.222 e. The van der Waals surface area contributed by atoms with Crippen LogP contribution in [0.4, 0.5) is 10.1 Å². The van der Waals surface area contributed by atoms with Crippen molar-refractivity contribution in [2.45, 2.75) is 19.4 Å². The van der Waals surface area contributed by atoms with Crippen LogP contribution in [-0.2, 0) is 4.79 Å². The highest BCUT2D eigenvalue weighted by molar-refractivity contribution is 5.78. The summed E-state index contributed by atoms with van der Waals surface area (Å²) in [4.78, 5) is 13.0. The number of carbonyl (C=O) groups excluding carboxylic acids is 1. The number of benzene rings is 1. The molecule has 1 amide bonds. The summed E-state index contributed by atoms with van der Waals surface area (Å²) >= 11 is 0. The number of rotatable bonds is 3. The highest BCUT2D eigenvalue weighted by Gasteiger charge is 2.29. The first kappa shape index (κ1) is 12.8. The minimum atomic E-state index is -0.881. The Morgan fingerprint density at radius 3 is 2.89 bits per heavy atom. The molecule has 98 valence electrons. The molecule has 0 bridgehead atoms. The zero-order valence-corrected chi connectivity index (χ0v) is 10.3. The third kappa shape index (κ3) is 2.31. The van der Waals surface area contributed by atoms with E-state index in [4.69, 9.17) is 5.73 Å². The molecule has 1 aliphatic rings. The average molecular weight is 252 g/mol. The topological polar surface area (TPSA) is 66.6 Å². The molecule has 4 nitrogen and oxygen atoms in total. The van der Waals surface area contributed by atoms with Crippen LogP contribution in [0, 0.1) is 11.7 Å². The molecule has 1 unspecified atom stereocenters. The molecule has 0 aliphatic carbocycles. The van der Waals surface area contributed by atoms with Gasteiger partial charge in [0.2, 0.25) is 5.91 Å². The van der Waals surface area contributed by atoms with Gasteiger partial charge >= 0.3 is 0 Å². The predicted molar refractivity (Wildman–Crippen MR) is 66.5 cm³/mol. The number of primary amides is 1. The van der Waals surface area contributed by atoms with E-state index in [9.17, 15) is 14.3 Å². The second kappa shape index (κ2) is 4.94. The summed E-state index contributed by atoms with van der Waals surface area (Å²) in [5, 5.41) is 9.66. The van der Waals surface area contributed by atoms with Gasteiger partial charge in [-0.3, -0.25) is 4.79 Å². The van der Waals surface area contributed by atoms with E-state index in [1.54, 1.807) is 12.1 Å². The molecule has 3 N–H and O–H groups in total. The zero-order valence-electron chi connectivity index (χ0n) is 10.3. The van der Waals surface area contributed by atoms with Crippen molar-refractivity contribution in [1.29, 1.82) is 0 Å². The highest BCUT2D eigenvalue weighted by atomic mass is 19.1. The first-order chi connectivity index (χ1) is 8.50. The van der Waals surface area contributed by atoms with Crippen LogP contribution in [0.2, 0.25) is 0 Å². The summed E-state index contributed by atoms with van der Waals surface area (Å²) in [6, 6.07) is 4.69. The van der Waals surface area contributed by atoms with Crippen LogP contribution in [0.3, 0.4) is 0 Å². The van der Waals surface area contributed by atoms with Crippen LogP contribution in [0.1, 0.15) is 25.0 Å². The number of carbonyl (C=O) groups is 1. The van der Waals surface area contributed by atoms with Crippen molar-refractivity contribution in [3.8, 4) is 0 Å². The first-order valence-corrected chi connectivity index (χ1v) is 6.01. The largest absolute Gasteiger partial charge is 0.389 e. The minimum absolute atomic E-state index is 0.199. The maximum absolute atomic E-state index is 13.7. The quantitative estimate of drug-likeness (QED) is 0.849. The first-order valence-electron chi connectivity index (χ1n) is 6.01. The lowest BCUT2D eigenvalue weighted by Crippen LogP contribution is -2.28. The Labute approximate surface area is 105 Å². The van der Waals surface area contributed by atoms with E-state index in [2.05, 4.69) is 0 Å². The van der Waals surface area contributed by atoms with E-state index >= 15 is 0 Å². The predicted octanol–water partition coefficient (Wildman–Crippen LogP) is 1.19. The number of nitrogens with zero attached hydrogens (tertiary/aromatic N) is 1. The summed E-state index contributed by atoms with van der Waals surface area (Å²) in [5.74, 6) is -0.951. The Kier molecular flexibility index (Phi) is 3.52. The fourth-order valence-electron chi connectivity index (χ4n) is 2.43. The van der Waals surface area contributed by atoms with Crippen LogP contribution in [0.5, 0.6) is 0 Å². The zero-order chi connectivity index (χ0) is 13.3. The molecule has 1 aromatic carbocycles. The molecule has 0 radical (unpaired) electrons. The van der Waals surface area contributed by atoms with E-state index in [1.165, 1.54) is 13.0 Å². The van der Waals surface area contributed by atoms with Gasteiger partial charge in [-0.1, -0.05) is 6.07 Å². The van der Waals surface area contributed by atoms with Crippen LogP contribution in [0.15, 0.2) is 18.2 Å². The fourth-order valence-corrected chi connectivity index (χ4v) is 2.43. The highest BCUT2D eigenvalue weighted by Crippen LogP contribution is 2.32. The van der Waals surface area contributed by atoms with Crippen molar-refractivity contribution in [1.82, 2.24) is 0 Å². The van der Waals surface area contributed by atoms with Crippen molar-refractivity contribution in [3.05, 3.63) is 29.6 Å². The smallest absolute Gasteiger partial charge is 0.222 e. The van der Waals surface area contributed by atoms with Gasteiger partial charge in [-0.25, -0.2) is 4.39 Å². The van der Waals surface area contributed by atoms with Crippen molar-refractivity contribution in [3.63, 3.8) is 0 Å². The average Bonchev–Trinajstić information content (AvgIpc) is 2.77. The standard InChI is InChI=1S/C13H17FN2O2/c1-8(17)12-10(14)3-2-4-11(12)16-6-5-9(7-16)13(15)18/h2-4,8-9,17H,5-7H2,1H3,(H2,15,18)/t8-,9?/m0/s1. The molecule has 1 fully saturated rings. The Morgan fingerprint density at radius 1 is 1.61 bits per heavy atom. The molecular weight excluding hydrogens is 235 g/mol. The molecule has 1 aliphatic heterocycles. The lowest BCUT2D eigenvalue weighted by Gasteiger charge is -2.23. The molecule has 5 heteroatoms. The molecule has 1 heterocycles. The normalized spacial score (nSPS) is 21.1. The Balaban J connectivity index is 2.30. The second-order valence-electron chi connectivity index (χ2n) is 4.68. The van der Waals surface area contributed by atoms with Gasteiger partial charge in [0.05, 0.1) is 12.0 Å². The molecule has 1 saturated heterocycles. The molecule has 0 spiro atoms. The second-order valence-corrected chi connectivity index (χ2v) is 4.68. The molecule has 0 aromatic heterocycles. The molecule has 2 atom stereocenters. The summed E-state index contributed by atoms with van der Waals surface area (Å²) in [6.07, 6.45) is -0.209. The number of anilines is 1. The number of hydrogen-bond acceptors (Lipinski definition) is 3. The minimum Gasteiger partial charge on any atom is -0.389 e. The van der Waals surface area contributed by atoms with Crippen molar-refractivity contribution in [2.75, 3.05) is 18.0 Å². The number of aliphatic hydroxyl groups is 1. The van der Waals surface area contributed by atoms with Gasteiger partial charge in [0.25, 0.3) is 0 Å². The van der Waals surface area contributed by atoms with Gasteiger partial charge in [0.1, 0.15) is 5.82 Å². The Bertz CT molecular complexity index is 462. The van der Waals surface area contributed by atoms with Crippen LogP contribution in [0.25, 0.3) is 0 Å². The van der Waals surface area contributed by atoms with Gasteiger partial charge in [0.15, 0.2) is 0 Å². The lowest BCUT2D eigenvalue weighted by atomic mass is 10.1. The summed E-state index contributed by atoms with van der Waals surface area (Å²) in [5.41, 5.74) is 6.20. The SMILES string of the molecule is C[C@H](O)c1c(F)cccc1N1CCC(C(N)=O)C1. The van der Waals surface area contributed by atoms with Gasteiger partial charge in [-0.05, 0) is 25.5 Å². The Hall–Kier alpha value is -1.62. The van der Waals surface area contributed by atoms with Gasteiger partial charge in [-0.2, -0.15) is 0 Å². The third-order valence-electron chi connectivity index (χ3n) is 3.38. The summed E-state index contributed by atoms with van der Waals surface area (Å²) < 4.78 is 13.7. The van der Waals surface area contributed by atoms with E-state index in [0.717, 1.165) is 0 Å². The van der Waals surface area contributed by atoms with E-state index < -0.39 is 11.9 Å². The van der Waals surface area contributed by atoms with E-state index in [1.807, 2.05) is 4.90 Å². The van der Waals surface area contributed by atoms with Crippen molar-refractivity contribution >= 4 is 11.6 Å². The maximum atomic E-state index is 13.7. The van der Waals surface area contributed by atoms with Gasteiger partial charge < -0.3 is 15.7 Å². The fraction of sp³-hybridized carbons (Fsp3) is 0.462. The van der Waals surface area contributed by atoms with Crippen LogP contribution >= 0.6 is 0 Å². The van der Waals surface area contributed by atoms with Gasteiger partial charge in [-0.15, -0.1) is 0 Å². The number of hydrogen-bond donors (Lipinski definition) is 2. The number of halogens is 1. The monoisotopic (exact) mass is 252 g/mol. The van der Waals surface area contributed by atoms with Crippen LogP contribution in [-0.4, -0.2) is 24.1 Å².